The predicted molar refractivity (Wildman–Crippen MR) is 108 cm³/mol. The van der Waals surface area contributed by atoms with Gasteiger partial charge in [-0.05, 0) is 77.8 Å². The Morgan fingerprint density at radius 3 is 2.68 bits per heavy atom. The lowest BCUT2D eigenvalue weighted by Gasteiger charge is -2.11. The molecule has 0 fully saturated rings. The number of hydrogen-bond acceptors (Lipinski definition) is 4. The highest BCUT2D eigenvalue weighted by Crippen LogP contribution is 2.26. The number of nitrogens with one attached hydrogen (secondary N) is 1. The maximum absolute atomic E-state index is 11.8. The summed E-state index contributed by atoms with van der Waals surface area (Å²) in [5.74, 6) is 0.884. The van der Waals surface area contributed by atoms with E-state index in [9.17, 15) is 4.79 Å². The molecule has 2 rings (SSSR count). The fourth-order valence-corrected chi connectivity index (χ4v) is 3.14. The molecule has 0 saturated carbocycles. The first-order valence-electron chi connectivity index (χ1n) is 7.60. The molecule has 0 radical (unpaired) electrons. The molecule has 0 aliphatic carbocycles. The van der Waals surface area contributed by atoms with E-state index >= 15 is 0 Å². The molecule has 2 aromatic carbocycles. The first kappa shape index (κ1) is 19.8. The number of carbonyl (C=O) groups excluding carboxylic acids is 1. The third-order valence-corrected chi connectivity index (χ3v) is 4.79. The number of benzene rings is 2. The molecule has 4 nitrogen and oxygen atoms in total. The van der Waals surface area contributed by atoms with Crippen molar-refractivity contribution in [2.24, 2.45) is 5.10 Å². The molecule has 7 heteroatoms. The van der Waals surface area contributed by atoms with E-state index in [1.165, 1.54) is 11.8 Å². The van der Waals surface area contributed by atoms with Crippen LogP contribution in [0.25, 0.3) is 0 Å². The molecule has 0 aromatic heterocycles. The van der Waals surface area contributed by atoms with Gasteiger partial charge in [-0.3, -0.25) is 4.79 Å². The Morgan fingerprint density at radius 2 is 2.04 bits per heavy atom. The van der Waals surface area contributed by atoms with Crippen LogP contribution in [0.15, 0.2) is 56.9 Å². The van der Waals surface area contributed by atoms with Gasteiger partial charge in [-0.2, -0.15) is 5.10 Å². The van der Waals surface area contributed by atoms with E-state index < -0.39 is 0 Å². The maximum Gasteiger partial charge on any atom is 0.250 e. The van der Waals surface area contributed by atoms with E-state index in [1.54, 1.807) is 18.3 Å². The summed E-state index contributed by atoms with van der Waals surface area (Å²) in [5, 5.41) is 4.65. The van der Waals surface area contributed by atoms with Crippen LogP contribution < -0.4 is 10.2 Å². The summed E-state index contributed by atoms with van der Waals surface area (Å²) in [6, 6.07) is 13.0. The van der Waals surface area contributed by atoms with Gasteiger partial charge >= 0.3 is 0 Å². The van der Waals surface area contributed by atoms with E-state index in [1.807, 2.05) is 44.2 Å². The van der Waals surface area contributed by atoms with Gasteiger partial charge in [-0.25, -0.2) is 5.43 Å². The third-order valence-electron chi connectivity index (χ3n) is 2.91. The van der Waals surface area contributed by atoms with Crippen LogP contribution in [-0.4, -0.2) is 24.0 Å². The van der Waals surface area contributed by atoms with Crippen LogP contribution >= 0.6 is 39.3 Å². The Bertz CT molecular complexity index is 751. The van der Waals surface area contributed by atoms with Crippen molar-refractivity contribution in [1.29, 1.82) is 0 Å². The van der Waals surface area contributed by atoms with Crippen molar-refractivity contribution in [1.82, 2.24) is 5.43 Å². The third kappa shape index (κ3) is 7.10. The lowest BCUT2D eigenvalue weighted by atomic mass is 10.2. The second-order valence-electron chi connectivity index (χ2n) is 5.39. The second kappa shape index (κ2) is 9.85. The molecule has 0 unspecified atom stereocenters. The average molecular weight is 442 g/mol. The monoisotopic (exact) mass is 440 g/mol. The number of hydrazone groups is 1. The SMILES string of the molecule is CC(C)Oc1ccc(/C=N\NC(=O)CSc2ccc(Cl)cc2)cc1Br. The molecule has 0 atom stereocenters. The quantitative estimate of drug-likeness (QED) is 0.368. The van der Waals surface area contributed by atoms with Crippen molar-refractivity contribution in [3.8, 4) is 5.75 Å². The van der Waals surface area contributed by atoms with Gasteiger partial charge in [0, 0.05) is 9.92 Å². The number of rotatable bonds is 7. The summed E-state index contributed by atoms with van der Waals surface area (Å²) in [6.07, 6.45) is 1.70. The van der Waals surface area contributed by atoms with Crippen LogP contribution in [0.5, 0.6) is 5.75 Å². The van der Waals surface area contributed by atoms with E-state index in [4.69, 9.17) is 16.3 Å². The van der Waals surface area contributed by atoms with Gasteiger partial charge in [0.05, 0.1) is 22.5 Å². The minimum absolute atomic E-state index is 0.105. The Labute approximate surface area is 165 Å². The molecule has 132 valence electrons. The van der Waals surface area contributed by atoms with Crippen molar-refractivity contribution in [3.63, 3.8) is 0 Å². The van der Waals surface area contributed by atoms with E-state index in [-0.39, 0.29) is 17.8 Å². The molecule has 2 aromatic rings. The summed E-state index contributed by atoms with van der Waals surface area (Å²) in [5.41, 5.74) is 3.37. The Balaban J connectivity index is 1.82. The molecule has 0 spiro atoms. The summed E-state index contributed by atoms with van der Waals surface area (Å²) < 4.78 is 6.49. The van der Waals surface area contributed by atoms with Gasteiger partial charge in [0.2, 0.25) is 5.91 Å². The number of nitrogens with zero attached hydrogens (tertiary/aromatic N) is 1. The second-order valence-corrected chi connectivity index (χ2v) is 7.73. The first-order chi connectivity index (χ1) is 11.9. The van der Waals surface area contributed by atoms with Gasteiger partial charge < -0.3 is 4.74 Å². The topological polar surface area (TPSA) is 50.7 Å². The minimum atomic E-state index is -0.171. The zero-order valence-electron chi connectivity index (χ0n) is 13.8. The zero-order chi connectivity index (χ0) is 18.2. The fourth-order valence-electron chi connectivity index (χ4n) is 1.84. The Hall–Kier alpha value is -1.50. The van der Waals surface area contributed by atoms with Gasteiger partial charge in [0.15, 0.2) is 0 Å². The van der Waals surface area contributed by atoms with Crippen LogP contribution in [0.1, 0.15) is 19.4 Å². The standard InChI is InChI=1S/C18H18BrClN2O2S/c1-12(2)24-17-8-3-13(9-16(17)19)10-21-22-18(23)11-25-15-6-4-14(20)5-7-15/h3-10,12H,11H2,1-2H3,(H,22,23)/b21-10-. The van der Waals surface area contributed by atoms with Gasteiger partial charge in [-0.1, -0.05) is 11.6 Å². The van der Waals surface area contributed by atoms with E-state index in [0.717, 1.165) is 20.7 Å². The van der Waals surface area contributed by atoms with Crippen molar-refractivity contribution < 1.29 is 9.53 Å². The summed E-state index contributed by atoms with van der Waals surface area (Å²) in [7, 11) is 0. The zero-order valence-corrected chi connectivity index (χ0v) is 17.0. The number of ether oxygens (including phenoxy) is 1. The highest BCUT2D eigenvalue weighted by Gasteiger charge is 2.04. The van der Waals surface area contributed by atoms with E-state index in [0.29, 0.717) is 5.02 Å². The Kier molecular flexibility index (Phi) is 7.81. The normalized spacial score (nSPS) is 11.1. The fraction of sp³-hybridized carbons (Fsp3) is 0.222. The van der Waals surface area contributed by atoms with Gasteiger partial charge in [-0.15, -0.1) is 11.8 Å². The largest absolute Gasteiger partial charge is 0.490 e. The lowest BCUT2D eigenvalue weighted by Crippen LogP contribution is -2.19. The smallest absolute Gasteiger partial charge is 0.250 e. The highest BCUT2D eigenvalue weighted by molar-refractivity contribution is 9.10. The molecule has 0 saturated heterocycles. The highest BCUT2D eigenvalue weighted by atomic mass is 79.9. The summed E-state index contributed by atoms with van der Waals surface area (Å²) in [4.78, 5) is 12.8. The lowest BCUT2D eigenvalue weighted by molar-refractivity contribution is -0.118. The van der Waals surface area contributed by atoms with Crippen molar-refractivity contribution >= 4 is 51.4 Å². The van der Waals surface area contributed by atoms with Crippen molar-refractivity contribution in [2.45, 2.75) is 24.8 Å². The molecule has 0 aliphatic heterocycles. The number of thioether (sulfide) groups is 1. The van der Waals surface area contributed by atoms with Crippen molar-refractivity contribution in [3.05, 3.63) is 57.5 Å². The van der Waals surface area contributed by atoms with Crippen LogP contribution in [0.3, 0.4) is 0 Å². The first-order valence-corrected chi connectivity index (χ1v) is 9.76. The summed E-state index contributed by atoms with van der Waals surface area (Å²) >= 11 is 10.7. The van der Waals surface area contributed by atoms with Crippen molar-refractivity contribution in [2.75, 3.05) is 5.75 Å². The molecule has 25 heavy (non-hydrogen) atoms. The maximum atomic E-state index is 11.8. The molecular formula is C18H18BrClN2O2S. The van der Waals surface area contributed by atoms with Crippen LogP contribution in [-0.2, 0) is 4.79 Å². The number of amides is 1. The number of carbonyl (C=O) groups is 1. The minimum Gasteiger partial charge on any atom is -0.490 e. The Morgan fingerprint density at radius 1 is 1.32 bits per heavy atom. The molecule has 1 N–H and O–H groups in total. The number of hydrogen-bond donors (Lipinski definition) is 1. The van der Waals surface area contributed by atoms with Crippen LogP contribution in [0.4, 0.5) is 0 Å². The molecule has 0 aliphatic rings. The summed E-state index contributed by atoms with van der Waals surface area (Å²) in [6.45, 7) is 3.94. The van der Waals surface area contributed by atoms with Crippen LogP contribution in [0, 0.1) is 0 Å². The van der Waals surface area contributed by atoms with E-state index in [2.05, 4.69) is 26.5 Å². The number of halogens is 2. The molecule has 0 heterocycles. The molecule has 0 bridgehead atoms. The molecule has 1 amide bonds. The predicted octanol–water partition coefficient (Wildman–Crippen LogP) is 5.13. The molecular weight excluding hydrogens is 424 g/mol. The van der Waals surface area contributed by atoms with Crippen LogP contribution in [0.2, 0.25) is 5.02 Å². The van der Waals surface area contributed by atoms with Gasteiger partial charge in [0.1, 0.15) is 5.75 Å². The van der Waals surface area contributed by atoms with Gasteiger partial charge in [0.25, 0.3) is 0 Å². The average Bonchev–Trinajstić information content (AvgIpc) is 2.56.